The van der Waals surface area contributed by atoms with Gasteiger partial charge < -0.3 is 25.8 Å². The fourth-order valence-corrected chi connectivity index (χ4v) is 4.03. The maximum Gasteiger partial charge on any atom is 0.273 e. The first-order valence-electron chi connectivity index (χ1n) is 10.9. The van der Waals surface area contributed by atoms with Crippen LogP contribution in [0.4, 0.5) is 5.69 Å². The molecule has 166 valence electrons. The van der Waals surface area contributed by atoms with Crippen molar-refractivity contribution in [3.8, 4) is 0 Å². The van der Waals surface area contributed by atoms with Gasteiger partial charge >= 0.3 is 0 Å². The number of nitrogens with two attached hydrogens (primary N) is 1. The first kappa shape index (κ1) is 20.8. The molecule has 0 aliphatic heterocycles. The van der Waals surface area contributed by atoms with Gasteiger partial charge in [-0.15, -0.1) is 0 Å². The lowest BCUT2D eigenvalue weighted by molar-refractivity contribution is 0.0950. The highest BCUT2D eigenvalue weighted by molar-refractivity contribution is 5.94. The van der Waals surface area contributed by atoms with Gasteiger partial charge in [-0.1, -0.05) is 54.6 Å². The highest BCUT2D eigenvalue weighted by atomic mass is 16.3. The predicted molar refractivity (Wildman–Crippen MR) is 130 cm³/mol. The maximum absolute atomic E-state index is 12.5. The lowest BCUT2D eigenvalue weighted by Gasteiger charge is -2.10. The monoisotopic (exact) mass is 439 g/mol. The van der Waals surface area contributed by atoms with Crippen LogP contribution in [0.15, 0.2) is 83.6 Å². The topological polar surface area (TPSA) is 109 Å². The Morgan fingerprint density at radius 1 is 1.00 bits per heavy atom. The second-order valence-electron chi connectivity index (χ2n) is 7.95. The van der Waals surface area contributed by atoms with E-state index in [0.717, 1.165) is 27.5 Å². The van der Waals surface area contributed by atoms with Crippen molar-refractivity contribution in [3.63, 3.8) is 0 Å². The van der Waals surface area contributed by atoms with Gasteiger partial charge in [-0.05, 0) is 29.5 Å². The first-order chi connectivity index (χ1) is 16.2. The lowest BCUT2D eigenvalue weighted by atomic mass is 10.1. The highest BCUT2D eigenvalue weighted by Crippen LogP contribution is 2.24. The molecule has 0 radical (unpaired) electrons. The summed E-state index contributed by atoms with van der Waals surface area (Å²) in [6.45, 7) is 1.04. The molecule has 0 aliphatic carbocycles. The number of H-pyrrole nitrogens is 1. The Balaban J connectivity index is 1.15. The molecule has 3 aromatic carbocycles. The Hall–Kier alpha value is -4.10. The molecule has 2 heterocycles. The van der Waals surface area contributed by atoms with Crippen molar-refractivity contribution in [2.75, 3.05) is 18.4 Å². The third-order valence-electron chi connectivity index (χ3n) is 5.70. The maximum atomic E-state index is 12.5. The molecule has 0 saturated heterocycles. The number of carbonyl (C=O) groups is 1. The van der Waals surface area contributed by atoms with Crippen molar-refractivity contribution in [2.24, 2.45) is 5.73 Å². The SMILES string of the molecule is NC(Cc1c[nH]c2ccccc12)c1nc(C(=O)NCCNc2cccc3ccccc23)co1. The number of hydrogen-bond acceptors (Lipinski definition) is 5. The number of hydrogen-bond donors (Lipinski definition) is 4. The Morgan fingerprint density at radius 3 is 2.70 bits per heavy atom. The molecule has 7 heteroatoms. The van der Waals surface area contributed by atoms with Crippen LogP contribution in [0.5, 0.6) is 0 Å². The number of aromatic nitrogens is 2. The summed E-state index contributed by atoms with van der Waals surface area (Å²) >= 11 is 0. The fourth-order valence-electron chi connectivity index (χ4n) is 4.03. The number of amides is 1. The molecule has 5 rings (SSSR count). The summed E-state index contributed by atoms with van der Waals surface area (Å²) in [4.78, 5) is 20.0. The minimum Gasteiger partial charge on any atom is -0.446 e. The van der Waals surface area contributed by atoms with Gasteiger partial charge in [-0.25, -0.2) is 4.98 Å². The summed E-state index contributed by atoms with van der Waals surface area (Å²) in [5.41, 5.74) is 9.72. The van der Waals surface area contributed by atoms with Crippen LogP contribution in [0.2, 0.25) is 0 Å². The van der Waals surface area contributed by atoms with E-state index in [1.165, 1.54) is 11.6 Å². The molecule has 0 bridgehead atoms. The van der Waals surface area contributed by atoms with E-state index in [9.17, 15) is 4.79 Å². The molecular formula is C26H25N5O2. The molecule has 0 aliphatic rings. The Labute approximate surface area is 191 Å². The van der Waals surface area contributed by atoms with Gasteiger partial charge in [0.1, 0.15) is 6.26 Å². The standard InChI is InChI=1S/C26H25N5O2/c27-21(14-18-15-30-23-10-4-3-9-20(18)23)26-31-24(16-33-26)25(32)29-13-12-28-22-11-5-7-17-6-1-2-8-19(17)22/h1-11,15-16,21,28,30H,12-14,27H2,(H,29,32). The number of fused-ring (bicyclic) bond motifs is 2. The van der Waals surface area contributed by atoms with Gasteiger partial charge in [-0.3, -0.25) is 4.79 Å². The number of aromatic amines is 1. The number of carbonyl (C=O) groups excluding carboxylic acids is 1. The molecule has 1 unspecified atom stereocenters. The normalized spacial score (nSPS) is 12.2. The number of nitrogens with zero attached hydrogens (tertiary/aromatic N) is 1. The summed E-state index contributed by atoms with van der Waals surface area (Å²) in [5, 5.41) is 9.69. The quantitative estimate of drug-likeness (QED) is 0.268. The van der Waals surface area contributed by atoms with E-state index in [-0.39, 0.29) is 11.6 Å². The van der Waals surface area contributed by atoms with Crippen molar-refractivity contribution in [1.29, 1.82) is 0 Å². The molecule has 5 N–H and O–H groups in total. The zero-order chi connectivity index (χ0) is 22.6. The number of oxazole rings is 1. The number of anilines is 1. The van der Waals surface area contributed by atoms with Gasteiger partial charge in [-0.2, -0.15) is 0 Å². The van der Waals surface area contributed by atoms with Gasteiger partial charge in [0.2, 0.25) is 5.89 Å². The molecule has 0 spiro atoms. The van der Waals surface area contributed by atoms with Gasteiger partial charge in [0.05, 0.1) is 6.04 Å². The van der Waals surface area contributed by atoms with Crippen LogP contribution in [-0.4, -0.2) is 29.0 Å². The fraction of sp³-hybridized carbons (Fsp3) is 0.154. The van der Waals surface area contributed by atoms with Crippen LogP contribution in [0.1, 0.15) is 28.0 Å². The van der Waals surface area contributed by atoms with E-state index >= 15 is 0 Å². The number of rotatable bonds is 8. The minimum absolute atomic E-state index is 0.226. The van der Waals surface area contributed by atoms with Crippen molar-refractivity contribution in [2.45, 2.75) is 12.5 Å². The molecule has 1 atom stereocenters. The van der Waals surface area contributed by atoms with Crippen LogP contribution in [0.3, 0.4) is 0 Å². The summed E-state index contributed by atoms with van der Waals surface area (Å²) in [7, 11) is 0. The van der Waals surface area contributed by atoms with Crippen molar-refractivity contribution in [3.05, 3.63) is 96.3 Å². The summed E-state index contributed by atoms with van der Waals surface area (Å²) < 4.78 is 5.51. The summed E-state index contributed by atoms with van der Waals surface area (Å²) in [6, 6.07) is 21.9. The van der Waals surface area contributed by atoms with E-state index < -0.39 is 6.04 Å². The average Bonchev–Trinajstić information content (AvgIpc) is 3.50. The van der Waals surface area contributed by atoms with Gasteiger partial charge in [0.15, 0.2) is 5.69 Å². The largest absolute Gasteiger partial charge is 0.446 e. The molecular weight excluding hydrogens is 414 g/mol. The minimum atomic E-state index is -0.446. The van der Waals surface area contributed by atoms with Crippen molar-refractivity contribution in [1.82, 2.24) is 15.3 Å². The second-order valence-corrected chi connectivity index (χ2v) is 7.95. The van der Waals surface area contributed by atoms with E-state index in [1.54, 1.807) is 0 Å². The smallest absolute Gasteiger partial charge is 0.273 e. The number of nitrogens with one attached hydrogen (secondary N) is 3. The van der Waals surface area contributed by atoms with Crippen molar-refractivity contribution >= 4 is 33.3 Å². The Morgan fingerprint density at radius 2 is 1.79 bits per heavy atom. The zero-order valence-electron chi connectivity index (χ0n) is 18.0. The Kier molecular flexibility index (Phi) is 5.78. The molecule has 0 fully saturated rings. The van der Waals surface area contributed by atoms with E-state index in [2.05, 4.69) is 44.9 Å². The third kappa shape index (κ3) is 4.44. The van der Waals surface area contributed by atoms with E-state index in [4.69, 9.17) is 10.2 Å². The Bertz CT molecular complexity index is 1400. The highest BCUT2D eigenvalue weighted by Gasteiger charge is 2.18. The molecule has 1 amide bonds. The predicted octanol–water partition coefficient (Wildman–Crippen LogP) is 4.39. The van der Waals surface area contributed by atoms with E-state index in [0.29, 0.717) is 25.4 Å². The summed E-state index contributed by atoms with van der Waals surface area (Å²) in [5.74, 6) is 0.0586. The third-order valence-corrected chi connectivity index (χ3v) is 5.70. The van der Waals surface area contributed by atoms with E-state index in [1.807, 2.05) is 48.7 Å². The number of para-hydroxylation sites is 1. The van der Waals surface area contributed by atoms with Crippen LogP contribution in [-0.2, 0) is 6.42 Å². The molecule has 5 aromatic rings. The van der Waals surface area contributed by atoms with Crippen LogP contribution >= 0.6 is 0 Å². The lowest BCUT2D eigenvalue weighted by Crippen LogP contribution is -2.29. The number of benzene rings is 3. The van der Waals surface area contributed by atoms with Gasteiger partial charge in [0, 0.05) is 41.3 Å². The van der Waals surface area contributed by atoms with Gasteiger partial charge in [0.25, 0.3) is 5.91 Å². The van der Waals surface area contributed by atoms with Crippen molar-refractivity contribution < 1.29 is 9.21 Å². The molecule has 7 nitrogen and oxygen atoms in total. The van der Waals surface area contributed by atoms with Crippen LogP contribution < -0.4 is 16.4 Å². The summed E-state index contributed by atoms with van der Waals surface area (Å²) in [6.07, 6.45) is 3.86. The van der Waals surface area contributed by atoms with Crippen LogP contribution in [0.25, 0.3) is 21.7 Å². The molecule has 2 aromatic heterocycles. The average molecular weight is 440 g/mol. The first-order valence-corrected chi connectivity index (χ1v) is 10.9. The zero-order valence-corrected chi connectivity index (χ0v) is 18.0. The van der Waals surface area contributed by atoms with Crippen LogP contribution in [0, 0.1) is 0 Å². The second kappa shape index (κ2) is 9.18. The molecule has 0 saturated carbocycles. The molecule has 33 heavy (non-hydrogen) atoms.